The average Bonchev–Trinajstić information content (AvgIpc) is 3.08. The van der Waals surface area contributed by atoms with Crippen LogP contribution in [-0.4, -0.2) is 56.4 Å². The van der Waals surface area contributed by atoms with Gasteiger partial charge in [-0.1, -0.05) is 53.7 Å². The van der Waals surface area contributed by atoms with Crippen molar-refractivity contribution in [2.24, 2.45) is 52.3 Å². The molecule has 36 heavy (non-hydrogen) atoms. The minimum absolute atomic E-state index is 0.0371. The molecule has 6 heteroatoms. The molecule has 0 aliphatic heterocycles. The minimum Gasteiger partial charge on any atom is -0.462 e. The Bertz CT molecular complexity index is 856. The van der Waals surface area contributed by atoms with Crippen LogP contribution in [-0.2, 0) is 9.53 Å². The molecule has 0 amide bonds. The Labute approximate surface area is 217 Å². The van der Waals surface area contributed by atoms with Crippen molar-refractivity contribution in [3.8, 4) is 0 Å². The summed E-state index contributed by atoms with van der Waals surface area (Å²) in [5, 5.41) is 45.0. The molecule has 4 aliphatic rings. The number of hydrogen-bond acceptors (Lipinski definition) is 6. The fourth-order valence-corrected chi connectivity index (χ4v) is 9.25. The van der Waals surface area contributed by atoms with Crippen LogP contribution >= 0.6 is 0 Å². The number of carbonyl (C=O) groups is 1. The van der Waals surface area contributed by atoms with Crippen molar-refractivity contribution in [2.75, 3.05) is 0 Å². The lowest BCUT2D eigenvalue weighted by atomic mass is 9.41. The van der Waals surface area contributed by atoms with Gasteiger partial charge in [-0.15, -0.1) is 0 Å². The number of aliphatic hydroxyl groups excluding tert-OH is 3. The Balaban J connectivity index is 1.71. The van der Waals surface area contributed by atoms with E-state index in [4.69, 9.17) is 4.74 Å². The normalized spacial score (nSPS) is 50.3. The van der Waals surface area contributed by atoms with Crippen LogP contribution in [0.15, 0.2) is 12.2 Å². The summed E-state index contributed by atoms with van der Waals surface area (Å²) in [6.45, 7) is 14.7. The fraction of sp³-hybridized carbons (Fsp3) is 0.900. The van der Waals surface area contributed by atoms with E-state index < -0.39 is 29.3 Å². The van der Waals surface area contributed by atoms with Crippen LogP contribution in [0.1, 0.15) is 87.0 Å². The van der Waals surface area contributed by atoms with Crippen molar-refractivity contribution < 1.29 is 30.0 Å². The van der Waals surface area contributed by atoms with Gasteiger partial charge in [-0.3, -0.25) is 4.79 Å². The van der Waals surface area contributed by atoms with Gasteiger partial charge in [0.25, 0.3) is 0 Å². The number of esters is 1. The summed E-state index contributed by atoms with van der Waals surface area (Å²) >= 11 is 0. The topological polar surface area (TPSA) is 107 Å². The quantitative estimate of drug-likeness (QED) is 0.331. The van der Waals surface area contributed by atoms with Gasteiger partial charge in [-0.2, -0.15) is 0 Å². The highest BCUT2D eigenvalue weighted by molar-refractivity contribution is 5.66. The van der Waals surface area contributed by atoms with E-state index in [9.17, 15) is 25.2 Å². The lowest BCUT2D eigenvalue weighted by Crippen LogP contribution is -2.73. The summed E-state index contributed by atoms with van der Waals surface area (Å²) in [6.07, 6.45) is 5.05. The zero-order chi connectivity index (χ0) is 26.8. The highest BCUT2D eigenvalue weighted by Crippen LogP contribution is 2.69. The first kappa shape index (κ1) is 28.1. The number of carbonyl (C=O) groups excluding carboxylic acids is 1. The van der Waals surface area contributed by atoms with Crippen molar-refractivity contribution in [3.05, 3.63) is 12.2 Å². The lowest BCUT2D eigenvalue weighted by molar-refractivity contribution is -0.297. The second kappa shape index (κ2) is 9.66. The monoisotopic (exact) mass is 506 g/mol. The number of fused-ring (bicyclic) bond motifs is 5. The molecule has 0 unspecified atom stereocenters. The summed E-state index contributed by atoms with van der Waals surface area (Å²) in [5.41, 5.74) is -2.24. The van der Waals surface area contributed by atoms with Gasteiger partial charge in [0.15, 0.2) is 0 Å². The third kappa shape index (κ3) is 4.19. The summed E-state index contributed by atoms with van der Waals surface area (Å²) in [7, 11) is 0. The van der Waals surface area contributed by atoms with E-state index >= 15 is 0 Å². The van der Waals surface area contributed by atoms with Crippen LogP contribution in [0.4, 0.5) is 0 Å². The van der Waals surface area contributed by atoms with Crippen molar-refractivity contribution in [1.29, 1.82) is 0 Å². The maximum absolute atomic E-state index is 12.2. The number of allylic oxidation sites excluding steroid dienone is 2. The molecule has 6 nitrogen and oxygen atoms in total. The van der Waals surface area contributed by atoms with Crippen molar-refractivity contribution in [3.63, 3.8) is 0 Å². The molecule has 206 valence electrons. The van der Waals surface area contributed by atoms with Crippen LogP contribution < -0.4 is 0 Å². The molecule has 4 aliphatic carbocycles. The number of aliphatic hydroxyl groups is 4. The molecule has 0 aromatic carbocycles. The van der Waals surface area contributed by atoms with E-state index in [1.807, 2.05) is 0 Å². The molecule has 0 aromatic rings. The predicted octanol–water partition coefficient (Wildman–Crippen LogP) is 4.09. The third-order valence-corrected chi connectivity index (χ3v) is 11.6. The second-order valence-corrected chi connectivity index (χ2v) is 13.8. The molecule has 4 rings (SSSR count). The Kier molecular flexibility index (Phi) is 7.53. The predicted molar refractivity (Wildman–Crippen MR) is 139 cm³/mol. The summed E-state index contributed by atoms with van der Waals surface area (Å²) in [6, 6.07) is 0. The molecule has 13 atom stereocenters. The Hall–Kier alpha value is -0.950. The number of ether oxygens (including phenoxy) is 1. The molecule has 4 N–H and O–H groups in total. The van der Waals surface area contributed by atoms with E-state index in [-0.39, 0.29) is 53.5 Å². The molecule has 0 aromatic heterocycles. The third-order valence-electron chi connectivity index (χ3n) is 11.6. The molecular weight excluding hydrogens is 456 g/mol. The van der Waals surface area contributed by atoms with E-state index in [1.165, 1.54) is 6.92 Å². The van der Waals surface area contributed by atoms with E-state index in [2.05, 4.69) is 53.7 Å². The number of rotatable bonds is 5. The first-order valence-corrected chi connectivity index (χ1v) is 14.3. The van der Waals surface area contributed by atoms with E-state index in [0.717, 1.165) is 12.8 Å². The van der Waals surface area contributed by atoms with Crippen molar-refractivity contribution in [1.82, 2.24) is 0 Å². The average molecular weight is 507 g/mol. The van der Waals surface area contributed by atoms with Gasteiger partial charge in [0.05, 0.1) is 12.2 Å². The minimum atomic E-state index is -1.50. The molecular formula is C30H50O6. The van der Waals surface area contributed by atoms with Crippen molar-refractivity contribution >= 4 is 5.97 Å². The van der Waals surface area contributed by atoms with Crippen LogP contribution in [0.3, 0.4) is 0 Å². The van der Waals surface area contributed by atoms with Crippen LogP contribution in [0.2, 0.25) is 0 Å². The Morgan fingerprint density at radius 3 is 2.28 bits per heavy atom. The summed E-state index contributed by atoms with van der Waals surface area (Å²) in [5.74, 6) is 0.967. The zero-order valence-corrected chi connectivity index (χ0v) is 23.4. The highest BCUT2D eigenvalue weighted by Gasteiger charge is 2.71. The second-order valence-electron chi connectivity index (χ2n) is 13.8. The van der Waals surface area contributed by atoms with E-state index in [0.29, 0.717) is 31.1 Å². The summed E-state index contributed by atoms with van der Waals surface area (Å²) in [4.78, 5) is 12.2. The van der Waals surface area contributed by atoms with Crippen LogP contribution in [0.25, 0.3) is 0 Å². The Morgan fingerprint density at radius 2 is 1.67 bits per heavy atom. The maximum Gasteiger partial charge on any atom is 0.302 e. The molecule has 0 saturated heterocycles. The smallest absolute Gasteiger partial charge is 0.302 e. The van der Waals surface area contributed by atoms with Gasteiger partial charge in [0, 0.05) is 24.7 Å². The first-order chi connectivity index (χ1) is 16.7. The lowest BCUT2D eigenvalue weighted by Gasteiger charge is -2.66. The highest BCUT2D eigenvalue weighted by atomic mass is 16.5. The zero-order valence-electron chi connectivity index (χ0n) is 23.4. The molecule has 0 radical (unpaired) electrons. The first-order valence-electron chi connectivity index (χ1n) is 14.3. The molecule has 0 spiro atoms. The van der Waals surface area contributed by atoms with Gasteiger partial charge < -0.3 is 25.2 Å². The molecule has 0 heterocycles. The van der Waals surface area contributed by atoms with E-state index in [1.54, 1.807) is 0 Å². The number of hydrogen-bond donors (Lipinski definition) is 4. The molecule has 0 bridgehead atoms. The summed E-state index contributed by atoms with van der Waals surface area (Å²) < 4.78 is 5.96. The maximum atomic E-state index is 12.2. The molecule has 4 saturated carbocycles. The van der Waals surface area contributed by atoms with Gasteiger partial charge in [-0.25, -0.2) is 0 Å². The van der Waals surface area contributed by atoms with Crippen LogP contribution in [0.5, 0.6) is 0 Å². The fourth-order valence-electron chi connectivity index (χ4n) is 9.25. The SMILES string of the molecule is CC(=O)O[C@H]1C[C@H]2[C@@H]3[C@@H](O)[C@@H](O)[C@@]4(O)C[C@@H](O)CC[C@]4(C)[C@H]3CC[C@]2(C)[C@H]1[C@H](C)/C=C/[C@H](C)C(C)C. The van der Waals surface area contributed by atoms with Gasteiger partial charge in [0.1, 0.15) is 17.8 Å². The standard InChI is InChI=1S/C30H50O6/c1-16(2)17(3)8-9-18(4)25-23(36-19(5)31)14-22-24-21(11-12-28(22,25)6)29(7)13-10-20(32)15-30(29,35)27(34)26(24)33/h8-9,16-18,20-27,32-35H,10-15H2,1-7H3/b9-8+/t17-,18+,20-,21-,22-,23-,24+,25-,26+,27+,28-,29+,30-/m0/s1. The van der Waals surface area contributed by atoms with Crippen molar-refractivity contribution in [2.45, 2.75) is 117 Å². The van der Waals surface area contributed by atoms with Gasteiger partial charge >= 0.3 is 5.97 Å². The Morgan fingerprint density at radius 1 is 1.00 bits per heavy atom. The van der Waals surface area contributed by atoms with Gasteiger partial charge in [-0.05, 0) is 73.0 Å². The van der Waals surface area contributed by atoms with Gasteiger partial charge in [0.2, 0.25) is 0 Å². The van der Waals surface area contributed by atoms with Crippen LogP contribution in [0, 0.1) is 52.3 Å². The molecule has 4 fully saturated rings. The largest absolute Gasteiger partial charge is 0.462 e.